The largest absolute Gasteiger partial charge is 0.340 e. The van der Waals surface area contributed by atoms with Crippen molar-refractivity contribution >= 4 is 78.1 Å². The molecule has 4 amide bonds. The predicted molar refractivity (Wildman–Crippen MR) is 215 cm³/mol. The van der Waals surface area contributed by atoms with Gasteiger partial charge in [-0.25, -0.2) is 45.1 Å². The summed E-state index contributed by atoms with van der Waals surface area (Å²) < 4.78 is 121. The van der Waals surface area contributed by atoms with Crippen molar-refractivity contribution < 1.29 is 54.3 Å². The maximum Gasteiger partial charge on any atom is 0.258 e. The van der Waals surface area contributed by atoms with E-state index in [1.165, 1.54) is 61.0 Å². The Labute approximate surface area is 353 Å². The highest BCUT2D eigenvalue weighted by molar-refractivity contribution is 7.17. The number of rotatable bonds is 12. The van der Waals surface area contributed by atoms with Crippen LogP contribution in [0.15, 0.2) is 83.8 Å². The molecule has 0 spiro atoms. The molecule has 0 fully saturated rings. The summed E-state index contributed by atoms with van der Waals surface area (Å²) in [5, 5.41) is 4.04. The lowest BCUT2D eigenvalue weighted by Crippen LogP contribution is -2.50. The van der Waals surface area contributed by atoms with E-state index >= 15 is 17.6 Å². The van der Waals surface area contributed by atoms with Gasteiger partial charge in [-0.15, -0.1) is 22.7 Å². The summed E-state index contributed by atoms with van der Waals surface area (Å²) in [7, 11) is 2.51. The number of hydrogen-bond acceptors (Lipinski definition) is 8. The molecule has 2 aromatic heterocycles. The highest BCUT2D eigenvalue weighted by Crippen LogP contribution is 2.28. The van der Waals surface area contributed by atoms with Crippen molar-refractivity contribution in [3.05, 3.63) is 153 Å². The summed E-state index contributed by atoms with van der Waals surface area (Å²) in [4.78, 5) is 65.7. The molecule has 10 nitrogen and oxygen atoms in total. The minimum absolute atomic E-state index is 0.207. The van der Waals surface area contributed by atoms with Crippen LogP contribution in [0.1, 0.15) is 31.8 Å². The van der Waals surface area contributed by atoms with Gasteiger partial charge in [-0.05, 0) is 71.8 Å². The maximum atomic E-state index is 16.4. The maximum absolute atomic E-state index is 16.4. The molecule has 2 heterocycles. The third kappa shape index (κ3) is 8.96. The van der Waals surface area contributed by atoms with Crippen LogP contribution >= 0.6 is 22.7 Å². The van der Waals surface area contributed by atoms with E-state index in [0.29, 0.717) is 23.2 Å². The monoisotopic (exact) mass is 896 g/mol. The van der Waals surface area contributed by atoms with Crippen molar-refractivity contribution in [2.45, 2.75) is 24.9 Å². The zero-order valence-corrected chi connectivity index (χ0v) is 33.5. The van der Waals surface area contributed by atoms with Crippen LogP contribution in [-0.4, -0.2) is 59.8 Å². The first-order chi connectivity index (χ1) is 29.5. The van der Waals surface area contributed by atoms with E-state index in [1.54, 1.807) is 23.2 Å². The van der Waals surface area contributed by atoms with E-state index in [-0.39, 0.29) is 22.5 Å². The normalized spacial score (nSPS) is 12.3. The molecule has 62 heavy (non-hydrogen) atoms. The number of thiazole rings is 2. The average molecular weight is 897 g/mol. The molecule has 2 atom stereocenters. The van der Waals surface area contributed by atoms with Gasteiger partial charge in [0.25, 0.3) is 11.8 Å². The smallest absolute Gasteiger partial charge is 0.258 e. The Kier molecular flexibility index (Phi) is 12.3. The van der Waals surface area contributed by atoms with Crippen LogP contribution in [0.4, 0.5) is 46.5 Å². The second kappa shape index (κ2) is 17.7. The van der Waals surface area contributed by atoms with Crippen LogP contribution < -0.4 is 20.4 Å². The first-order valence-corrected chi connectivity index (χ1v) is 19.8. The lowest BCUT2D eigenvalue weighted by atomic mass is 10.0. The summed E-state index contributed by atoms with van der Waals surface area (Å²) in [5.41, 5.74) is 0.290. The molecule has 5 aromatic carbocycles. The number of aromatic nitrogens is 2. The van der Waals surface area contributed by atoms with Gasteiger partial charge >= 0.3 is 0 Å². The van der Waals surface area contributed by atoms with Gasteiger partial charge in [0.15, 0.2) is 23.3 Å². The Hall–Kier alpha value is -6.80. The minimum atomic E-state index is -2.51. The van der Waals surface area contributed by atoms with E-state index in [9.17, 15) is 36.7 Å². The molecule has 0 aliphatic heterocycles. The number of nitrogens with one attached hydrogen (secondary N) is 2. The summed E-state index contributed by atoms with van der Waals surface area (Å²) >= 11 is 2.60. The van der Waals surface area contributed by atoms with Gasteiger partial charge in [-0.1, -0.05) is 0 Å². The molecule has 0 saturated carbocycles. The van der Waals surface area contributed by atoms with Crippen LogP contribution in [0, 0.1) is 46.5 Å². The quantitative estimate of drug-likeness (QED) is 0.0728. The summed E-state index contributed by atoms with van der Waals surface area (Å²) in [5.74, 6) is -19.7. The van der Waals surface area contributed by atoms with Gasteiger partial charge in [0, 0.05) is 50.4 Å². The number of carbonyl (C=O) groups excluding carboxylic acids is 4. The molecule has 7 aromatic rings. The number of hydrogen-bond donors (Lipinski definition) is 2. The van der Waals surface area contributed by atoms with Crippen molar-refractivity contribution in [2.75, 3.05) is 23.9 Å². The number of nitrogens with zero attached hydrogens (tertiary/aromatic N) is 4. The van der Waals surface area contributed by atoms with Gasteiger partial charge in [-0.3, -0.25) is 19.2 Å². The van der Waals surface area contributed by atoms with Crippen molar-refractivity contribution in [3.63, 3.8) is 0 Å². The molecule has 0 aliphatic carbocycles. The Morgan fingerprint density at radius 2 is 0.903 bits per heavy atom. The van der Waals surface area contributed by atoms with Gasteiger partial charge in [0.05, 0.1) is 31.5 Å². The van der Waals surface area contributed by atoms with Crippen molar-refractivity contribution in [3.8, 4) is 0 Å². The van der Waals surface area contributed by atoms with Crippen LogP contribution in [0.3, 0.4) is 0 Å². The number of carbonyl (C=O) groups is 4. The number of anilines is 2. The zero-order valence-electron chi connectivity index (χ0n) is 31.9. The fourth-order valence-electron chi connectivity index (χ4n) is 6.65. The number of amides is 4. The van der Waals surface area contributed by atoms with E-state index in [0.717, 1.165) is 43.5 Å². The van der Waals surface area contributed by atoms with Gasteiger partial charge in [-0.2, -0.15) is 0 Å². The fraction of sp³-hybridized carbons (Fsp3) is 0.143. The van der Waals surface area contributed by atoms with Crippen LogP contribution in [0.25, 0.3) is 20.4 Å². The first-order valence-electron chi connectivity index (χ1n) is 18.1. The number of halogens is 8. The molecule has 2 N–H and O–H groups in total. The second-order valence-electron chi connectivity index (χ2n) is 13.8. The number of fused-ring (bicyclic) bond motifs is 2. The standard InChI is InChI=1S/C42H28F8N6O4S2/c1-55(25-3-5-31-27(15-25)51-17-61-31)41(59)29(11-19-7-21(43)13-22(44)8-19)53-39(57)33-35(47)34(37(49)38(50)36(33)48)40(58)54-30(12-20-9-23(45)14-24(46)10-20)42(60)56(2)26-4-6-32-28(16-26)52-18-62-32/h3-10,13-18,29-30H,11-12H2,1-2H3,(H,53,57)(H,54,58)/t29-,30-/m0/s1. The molecular formula is C42H28F8N6O4S2. The van der Waals surface area contributed by atoms with Crippen molar-refractivity contribution in [1.29, 1.82) is 0 Å². The van der Waals surface area contributed by atoms with Gasteiger partial charge in [0.1, 0.15) is 46.5 Å². The van der Waals surface area contributed by atoms with Crippen LogP contribution in [0.5, 0.6) is 0 Å². The molecule has 0 radical (unpaired) electrons. The second-order valence-corrected chi connectivity index (χ2v) is 15.6. The Balaban J connectivity index is 1.22. The fourth-order valence-corrected chi connectivity index (χ4v) is 7.97. The van der Waals surface area contributed by atoms with Crippen LogP contribution in [0.2, 0.25) is 0 Å². The Morgan fingerprint density at radius 3 is 1.27 bits per heavy atom. The predicted octanol–water partition coefficient (Wildman–Crippen LogP) is 8.03. The van der Waals surface area contributed by atoms with Gasteiger partial charge in [0.2, 0.25) is 11.8 Å². The molecule has 0 bridgehead atoms. The molecule has 20 heteroatoms. The Bertz CT molecular complexity index is 2700. The van der Waals surface area contributed by atoms with Crippen molar-refractivity contribution in [1.82, 2.24) is 20.6 Å². The molecule has 0 saturated heterocycles. The average Bonchev–Trinajstić information content (AvgIpc) is 3.90. The Morgan fingerprint density at radius 1 is 0.532 bits per heavy atom. The molecule has 7 rings (SSSR count). The zero-order chi connectivity index (χ0) is 44.6. The van der Waals surface area contributed by atoms with E-state index < -0.39 is 106 Å². The lowest BCUT2D eigenvalue weighted by molar-refractivity contribution is -0.120. The highest BCUT2D eigenvalue weighted by atomic mass is 32.1. The first kappa shape index (κ1) is 43.3. The lowest BCUT2D eigenvalue weighted by Gasteiger charge is -2.26. The SMILES string of the molecule is CN(C(=O)[C@H](Cc1cc(F)cc(F)c1)NC(=O)c1c(F)c(F)c(F)c(C(=O)N[C@@H](Cc2cc(F)cc(F)c2)C(=O)N(C)c2ccc3scnc3c2)c1F)c1ccc2scnc2c1. The minimum Gasteiger partial charge on any atom is -0.340 e. The summed E-state index contributed by atoms with van der Waals surface area (Å²) in [6.45, 7) is 0. The molecule has 318 valence electrons. The third-order valence-corrected chi connectivity index (χ3v) is 11.3. The summed E-state index contributed by atoms with van der Waals surface area (Å²) in [6.07, 6.45) is -1.40. The molecule has 0 unspecified atom stereocenters. The van der Waals surface area contributed by atoms with Gasteiger partial charge < -0.3 is 20.4 Å². The topological polar surface area (TPSA) is 125 Å². The van der Waals surface area contributed by atoms with E-state index in [2.05, 4.69) is 9.97 Å². The molecule has 0 aliphatic rings. The van der Waals surface area contributed by atoms with E-state index in [1.807, 2.05) is 10.6 Å². The number of benzene rings is 5. The molecular weight excluding hydrogens is 869 g/mol. The third-order valence-electron chi connectivity index (χ3n) is 9.71. The summed E-state index contributed by atoms with van der Waals surface area (Å²) in [6, 6.07) is 9.86. The van der Waals surface area contributed by atoms with Crippen molar-refractivity contribution in [2.24, 2.45) is 0 Å². The highest BCUT2D eigenvalue weighted by Gasteiger charge is 2.37. The van der Waals surface area contributed by atoms with Crippen LogP contribution in [-0.2, 0) is 22.4 Å². The van der Waals surface area contributed by atoms with E-state index in [4.69, 9.17) is 0 Å². The number of likely N-dealkylation sites (N-methyl/N-ethyl adjacent to an activating group) is 2.